The molecule has 0 saturated heterocycles. The van der Waals surface area contributed by atoms with Crippen molar-refractivity contribution in [3.8, 4) is 16.9 Å². The second kappa shape index (κ2) is 6.41. The summed E-state index contributed by atoms with van der Waals surface area (Å²) in [5.41, 5.74) is -0.425. The third-order valence-corrected chi connectivity index (χ3v) is 7.10. The van der Waals surface area contributed by atoms with Crippen molar-refractivity contribution in [1.82, 2.24) is 24.3 Å². The normalized spacial score (nSPS) is 15.9. The van der Waals surface area contributed by atoms with Crippen molar-refractivity contribution in [2.75, 3.05) is 0 Å². The van der Waals surface area contributed by atoms with Gasteiger partial charge in [-0.2, -0.15) is 5.26 Å². The van der Waals surface area contributed by atoms with Crippen LogP contribution in [-0.4, -0.2) is 33.5 Å². The zero-order chi connectivity index (χ0) is 20.3. The Morgan fingerprint density at radius 3 is 2.71 bits per heavy atom. The van der Waals surface area contributed by atoms with E-state index in [-0.39, 0.29) is 32.0 Å². The number of fused-ring (bicyclic) bond motifs is 1. The lowest BCUT2D eigenvalue weighted by Crippen LogP contribution is -2.34. The molecule has 1 N–H and O–H groups in total. The molecule has 0 aliphatic heterocycles. The summed E-state index contributed by atoms with van der Waals surface area (Å²) in [6.45, 7) is 1.79. The first-order chi connectivity index (χ1) is 13.1. The summed E-state index contributed by atoms with van der Waals surface area (Å²) in [5.74, 6) is 0.00698. The van der Waals surface area contributed by atoms with Crippen LogP contribution in [0.4, 0.5) is 8.78 Å². The molecular weight excluding hydrogens is 434 g/mol. The van der Waals surface area contributed by atoms with E-state index in [4.69, 9.17) is 11.6 Å². The molecular formula is C15H11ClF2N6O2S2. The molecule has 8 nitrogen and oxygen atoms in total. The van der Waals surface area contributed by atoms with Gasteiger partial charge in [0.1, 0.15) is 16.5 Å². The van der Waals surface area contributed by atoms with Gasteiger partial charge >= 0.3 is 0 Å². The molecule has 1 aliphatic rings. The Labute approximate surface area is 166 Å². The van der Waals surface area contributed by atoms with Crippen LogP contribution in [0.2, 0.25) is 5.02 Å². The molecule has 146 valence electrons. The topological polar surface area (TPSA) is 113 Å². The smallest absolute Gasteiger partial charge is 0.291 e. The highest BCUT2D eigenvalue weighted by molar-refractivity contribution is 7.89. The van der Waals surface area contributed by atoms with Crippen molar-refractivity contribution < 1.29 is 17.2 Å². The third kappa shape index (κ3) is 3.24. The summed E-state index contributed by atoms with van der Waals surface area (Å²) in [7, 11) is -3.89. The first-order valence-corrected chi connectivity index (χ1v) is 10.6. The average Bonchev–Trinajstić information content (AvgIpc) is 3.04. The Morgan fingerprint density at radius 2 is 2.14 bits per heavy atom. The highest BCUT2D eigenvalue weighted by atomic mass is 35.5. The average molecular weight is 445 g/mol. The summed E-state index contributed by atoms with van der Waals surface area (Å²) < 4.78 is 55.0. The maximum Gasteiger partial charge on any atom is 0.291 e. The maximum absolute atomic E-state index is 12.8. The molecule has 4 rings (SSSR count). The Hall–Kier alpha value is -2.20. The summed E-state index contributed by atoms with van der Waals surface area (Å²) in [6.07, 6.45) is -0.130. The van der Waals surface area contributed by atoms with E-state index in [0.717, 1.165) is 12.8 Å². The largest absolute Gasteiger partial charge is 0.294 e. The van der Waals surface area contributed by atoms with Gasteiger partial charge in [-0.25, -0.2) is 26.9 Å². The van der Waals surface area contributed by atoms with Crippen LogP contribution in [0.5, 0.6) is 0 Å². The van der Waals surface area contributed by atoms with E-state index in [2.05, 4.69) is 19.9 Å². The molecule has 13 heteroatoms. The number of aromatic nitrogens is 4. The molecule has 3 aromatic heterocycles. The summed E-state index contributed by atoms with van der Waals surface area (Å²) in [4.78, 5) is 3.95. The van der Waals surface area contributed by atoms with Crippen LogP contribution in [0, 0.1) is 11.3 Å². The van der Waals surface area contributed by atoms with Crippen LogP contribution in [0.15, 0.2) is 17.2 Å². The van der Waals surface area contributed by atoms with Gasteiger partial charge in [-0.05, 0) is 25.8 Å². The fourth-order valence-electron chi connectivity index (χ4n) is 2.61. The predicted octanol–water partition coefficient (Wildman–Crippen LogP) is 3.15. The molecule has 0 atom stereocenters. The lowest BCUT2D eigenvalue weighted by molar-refractivity contribution is 0.150. The van der Waals surface area contributed by atoms with E-state index >= 15 is 0 Å². The number of alkyl halides is 2. The first kappa shape index (κ1) is 19.1. The minimum Gasteiger partial charge on any atom is -0.294 e. The predicted molar refractivity (Wildman–Crippen MR) is 96.7 cm³/mol. The fourth-order valence-corrected chi connectivity index (χ4v) is 5.14. The number of halogens is 3. The van der Waals surface area contributed by atoms with Gasteiger partial charge in [0.05, 0.1) is 5.02 Å². The number of nitrogens with zero attached hydrogens (tertiary/aromatic N) is 5. The Morgan fingerprint density at radius 1 is 1.43 bits per heavy atom. The number of rotatable bonds is 5. The van der Waals surface area contributed by atoms with Gasteiger partial charge < -0.3 is 0 Å². The molecule has 0 unspecified atom stereocenters. The van der Waals surface area contributed by atoms with Crippen molar-refractivity contribution in [3.63, 3.8) is 0 Å². The molecule has 0 spiro atoms. The monoisotopic (exact) mass is 444 g/mol. The van der Waals surface area contributed by atoms with Gasteiger partial charge in [-0.3, -0.25) is 4.40 Å². The lowest BCUT2D eigenvalue weighted by Gasteiger charge is -2.13. The van der Waals surface area contributed by atoms with Crippen LogP contribution in [0.1, 0.15) is 36.9 Å². The summed E-state index contributed by atoms with van der Waals surface area (Å²) >= 11 is 6.84. The van der Waals surface area contributed by atoms with Gasteiger partial charge in [-0.1, -0.05) is 22.9 Å². The minimum atomic E-state index is -3.89. The number of hydrogen-bond acceptors (Lipinski definition) is 7. The molecule has 28 heavy (non-hydrogen) atoms. The van der Waals surface area contributed by atoms with Gasteiger partial charge in [0.2, 0.25) is 10.0 Å². The van der Waals surface area contributed by atoms with Crippen LogP contribution >= 0.6 is 22.9 Å². The quantitative estimate of drug-likeness (QED) is 0.646. The molecule has 1 saturated carbocycles. The van der Waals surface area contributed by atoms with Crippen LogP contribution in [-0.2, 0) is 10.0 Å². The number of hydrogen-bond donors (Lipinski definition) is 1. The lowest BCUT2D eigenvalue weighted by atomic mass is 10.3. The van der Waals surface area contributed by atoms with Crippen molar-refractivity contribution in [2.45, 2.75) is 36.6 Å². The fraction of sp³-hybridized carbons (Fsp3) is 0.333. The Kier molecular flexibility index (Phi) is 4.38. The van der Waals surface area contributed by atoms with Crippen LogP contribution < -0.4 is 4.72 Å². The Balaban J connectivity index is 1.91. The molecule has 0 radical (unpaired) electrons. The van der Waals surface area contributed by atoms with E-state index in [1.54, 1.807) is 6.92 Å². The van der Waals surface area contributed by atoms with Crippen molar-refractivity contribution >= 4 is 38.5 Å². The van der Waals surface area contributed by atoms with E-state index in [0.29, 0.717) is 11.3 Å². The molecule has 1 fully saturated rings. The molecule has 0 amide bonds. The van der Waals surface area contributed by atoms with Crippen molar-refractivity contribution in [2.24, 2.45) is 0 Å². The maximum atomic E-state index is 12.8. The standard InChI is InChI=1S/C15H11ClF2N6O2S2/c1-15(2-3-15)23-28(25,26)7-4-8(16)10-9(5-19)20-12(24(10)6-7)14-22-21-13(27-14)11(17)18/h4,6,11,23H,2-3H2,1H3. The molecule has 1 aliphatic carbocycles. The van der Waals surface area contributed by atoms with Gasteiger partial charge in [0.15, 0.2) is 21.5 Å². The van der Waals surface area contributed by atoms with E-state index in [9.17, 15) is 22.5 Å². The van der Waals surface area contributed by atoms with Gasteiger partial charge in [0.25, 0.3) is 6.43 Å². The molecule has 3 heterocycles. The molecule has 0 bridgehead atoms. The van der Waals surface area contributed by atoms with Gasteiger partial charge in [-0.15, -0.1) is 10.2 Å². The van der Waals surface area contributed by atoms with E-state index < -0.39 is 27.0 Å². The van der Waals surface area contributed by atoms with E-state index in [1.807, 2.05) is 6.07 Å². The Bertz CT molecular complexity index is 1240. The van der Waals surface area contributed by atoms with E-state index in [1.165, 1.54) is 16.7 Å². The SMILES string of the molecule is CC1(NS(=O)(=O)c2cc(Cl)c3c(C#N)nc(-c4nnc(C(F)F)s4)n3c2)CC1. The molecule has 0 aromatic carbocycles. The second-order valence-electron chi connectivity index (χ2n) is 6.55. The number of nitriles is 1. The first-order valence-electron chi connectivity index (χ1n) is 7.91. The second-order valence-corrected chi connectivity index (χ2v) is 9.65. The summed E-state index contributed by atoms with van der Waals surface area (Å²) in [5, 5.41) is 15.9. The van der Waals surface area contributed by atoms with Crippen molar-refractivity contribution in [3.05, 3.63) is 28.0 Å². The minimum absolute atomic E-state index is 0.00698. The third-order valence-electron chi connectivity index (χ3n) is 4.28. The van der Waals surface area contributed by atoms with Crippen molar-refractivity contribution in [1.29, 1.82) is 5.26 Å². The highest BCUT2D eigenvalue weighted by Gasteiger charge is 2.41. The molecule has 3 aromatic rings. The summed E-state index contributed by atoms with van der Waals surface area (Å²) in [6, 6.07) is 3.09. The van der Waals surface area contributed by atoms with Crippen LogP contribution in [0.3, 0.4) is 0 Å². The zero-order valence-corrected chi connectivity index (χ0v) is 16.5. The number of nitrogens with one attached hydrogen (secondary N) is 1. The van der Waals surface area contributed by atoms with Crippen LogP contribution in [0.25, 0.3) is 16.3 Å². The number of pyridine rings is 1. The highest BCUT2D eigenvalue weighted by Crippen LogP contribution is 2.37. The van der Waals surface area contributed by atoms with Gasteiger partial charge in [0, 0.05) is 11.7 Å². The number of sulfonamides is 1. The number of imidazole rings is 1. The zero-order valence-electron chi connectivity index (χ0n) is 14.1.